The lowest BCUT2D eigenvalue weighted by atomic mass is 10.0. The molecule has 0 unspecified atom stereocenters. The molecule has 0 fully saturated rings. The number of anilines is 2. The fourth-order valence-electron chi connectivity index (χ4n) is 3.71. The zero-order chi connectivity index (χ0) is 22.8. The number of carbonyl (C=O) groups excluding carboxylic acids is 2. The van der Waals surface area contributed by atoms with E-state index >= 15 is 0 Å². The predicted molar refractivity (Wildman–Crippen MR) is 126 cm³/mol. The summed E-state index contributed by atoms with van der Waals surface area (Å²) in [7, 11) is 0. The second kappa shape index (κ2) is 9.37. The number of aromatic nitrogens is 3. The molecule has 9 nitrogen and oxygen atoms in total. The van der Waals surface area contributed by atoms with E-state index in [1.807, 2.05) is 6.92 Å². The maximum atomic E-state index is 13.1. The SMILES string of the molecule is CCOC(=O)Cc1csc(NC(=O)Nc2sc3nc4n(c(=O)c3c2C)CC[C@H](C)CC4)n1. The van der Waals surface area contributed by atoms with Crippen molar-refractivity contribution in [1.82, 2.24) is 14.5 Å². The van der Waals surface area contributed by atoms with E-state index in [4.69, 9.17) is 9.72 Å². The Kier molecular flexibility index (Phi) is 6.56. The summed E-state index contributed by atoms with van der Waals surface area (Å²) in [5.74, 6) is 1.03. The van der Waals surface area contributed by atoms with Crippen molar-refractivity contribution in [3.63, 3.8) is 0 Å². The Hall–Kier alpha value is -2.79. The number of fused-ring (bicyclic) bond motifs is 2. The highest BCUT2D eigenvalue weighted by Gasteiger charge is 2.21. The average molecular weight is 476 g/mol. The molecular formula is C21H25N5O4S2. The van der Waals surface area contributed by atoms with E-state index < -0.39 is 6.03 Å². The first-order valence-electron chi connectivity index (χ1n) is 10.6. The van der Waals surface area contributed by atoms with E-state index in [9.17, 15) is 14.4 Å². The number of rotatable bonds is 5. The van der Waals surface area contributed by atoms with Gasteiger partial charge in [0.1, 0.15) is 15.7 Å². The van der Waals surface area contributed by atoms with Gasteiger partial charge in [-0.05, 0) is 38.2 Å². The smallest absolute Gasteiger partial charge is 0.326 e. The zero-order valence-electron chi connectivity index (χ0n) is 18.2. The normalized spacial score (nSPS) is 15.8. The summed E-state index contributed by atoms with van der Waals surface area (Å²) in [5.41, 5.74) is 1.21. The third-order valence-electron chi connectivity index (χ3n) is 5.47. The number of nitrogens with zero attached hydrogens (tertiary/aromatic N) is 3. The van der Waals surface area contributed by atoms with Gasteiger partial charge in [-0.25, -0.2) is 14.8 Å². The molecule has 0 spiro atoms. The highest BCUT2D eigenvalue weighted by atomic mass is 32.1. The van der Waals surface area contributed by atoms with Crippen molar-refractivity contribution in [1.29, 1.82) is 0 Å². The van der Waals surface area contributed by atoms with E-state index in [-0.39, 0.29) is 17.9 Å². The van der Waals surface area contributed by atoms with Gasteiger partial charge in [-0.2, -0.15) is 0 Å². The van der Waals surface area contributed by atoms with Gasteiger partial charge in [-0.1, -0.05) is 18.3 Å². The van der Waals surface area contributed by atoms with Crippen molar-refractivity contribution in [2.75, 3.05) is 17.2 Å². The number of esters is 1. The molecule has 3 aromatic heterocycles. The minimum atomic E-state index is -0.466. The van der Waals surface area contributed by atoms with Crippen molar-refractivity contribution in [3.8, 4) is 0 Å². The van der Waals surface area contributed by atoms with Crippen LogP contribution in [0.1, 0.15) is 43.8 Å². The molecule has 0 aliphatic carbocycles. The molecule has 0 aromatic carbocycles. The standard InChI is InChI=1S/C21H25N5O4S2/c1-4-30-15(27)9-13-10-31-21(22-13)25-20(29)24-17-12(3)16-18(32-17)23-14-6-5-11(2)7-8-26(14)19(16)28/h10-11H,4-9H2,1-3H3,(H2,22,24,25,29)/t11-/m1/s1. The van der Waals surface area contributed by atoms with Crippen LogP contribution < -0.4 is 16.2 Å². The molecule has 11 heteroatoms. The van der Waals surface area contributed by atoms with Crippen molar-refractivity contribution < 1.29 is 14.3 Å². The Morgan fingerprint density at radius 3 is 2.88 bits per heavy atom. The number of aryl methyl sites for hydroxylation is 2. The molecule has 1 aliphatic heterocycles. The van der Waals surface area contributed by atoms with Gasteiger partial charge in [-0.3, -0.25) is 24.8 Å². The van der Waals surface area contributed by atoms with Gasteiger partial charge in [0.2, 0.25) is 0 Å². The van der Waals surface area contributed by atoms with Gasteiger partial charge in [0.05, 0.1) is 24.1 Å². The fraction of sp³-hybridized carbons (Fsp3) is 0.476. The van der Waals surface area contributed by atoms with Gasteiger partial charge < -0.3 is 4.74 Å². The van der Waals surface area contributed by atoms with E-state index in [0.29, 0.717) is 50.7 Å². The quantitative estimate of drug-likeness (QED) is 0.540. The molecule has 1 aliphatic rings. The molecule has 170 valence electrons. The van der Waals surface area contributed by atoms with Gasteiger partial charge in [0.25, 0.3) is 5.56 Å². The predicted octanol–water partition coefficient (Wildman–Crippen LogP) is 3.94. The summed E-state index contributed by atoms with van der Waals surface area (Å²) in [4.78, 5) is 46.9. The van der Waals surface area contributed by atoms with Crippen LogP contribution in [0.15, 0.2) is 10.2 Å². The van der Waals surface area contributed by atoms with Crippen molar-refractivity contribution in [2.24, 2.45) is 5.92 Å². The maximum Gasteiger partial charge on any atom is 0.326 e. The summed E-state index contributed by atoms with van der Waals surface area (Å²) in [6, 6.07) is -0.466. The molecule has 0 saturated heterocycles. The lowest BCUT2D eigenvalue weighted by Gasteiger charge is -2.08. The average Bonchev–Trinajstić information content (AvgIpc) is 3.23. The molecule has 0 radical (unpaired) electrons. The van der Waals surface area contributed by atoms with Crippen LogP contribution in [-0.4, -0.2) is 33.1 Å². The Labute approximate surface area is 192 Å². The molecule has 2 amide bonds. The van der Waals surface area contributed by atoms with Gasteiger partial charge in [0, 0.05) is 18.3 Å². The first-order valence-corrected chi connectivity index (χ1v) is 12.3. The Balaban J connectivity index is 1.50. The van der Waals surface area contributed by atoms with E-state index in [0.717, 1.165) is 25.1 Å². The van der Waals surface area contributed by atoms with Crippen LogP contribution >= 0.6 is 22.7 Å². The molecule has 0 saturated carbocycles. The summed E-state index contributed by atoms with van der Waals surface area (Å²) in [5, 5.41) is 8.72. The van der Waals surface area contributed by atoms with Crippen LogP contribution in [0.4, 0.5) is 14.9 Å². The number of ether oxygens (including phenoxy) is 1. The first kappa shape index (κ1) is 22.4. The number of hydrogen-bond acceptors (Lipinski definition) is 8. The van der Waals surface area contributed by atoms with E-state index in [1.165, 1.54) is 22.7 Å². The van der Waals surface area contributed by atoms with Crippen LogP contribution in [-0.2, 0) is 28.9 Å². The largest absolute Gasteiger partial charge is 0.466 e. The van der Waals surface area contributed by atoms with Crippen LogP contribution in [0, 0.1) is 12.8 Å². The van der Waals surface area contributed by atoms with Gasteiger partial charge in [0.15, 0.2) is 5.13 Å². The summed E-state index contributed by atoms with van der Waals surface area (Å²) in [6.45, 7) is 6.76. The number of nitrogens with one attached hydrogen (secondary N) is 2. The third-order valence-corrected chi connectivity index (χ3v) is 7.37. The summed E-state index contributed by atoms with van der Waals surface area (Å²) >= 11 is 2.53. The second-order valence-corrected chi connectivity index (χ2v) is 9.72. The third kappa shape index (κ3) is 4.68. The lowest BCUT2D eigenvalue weighted by molar-refractivity contribution is -0.142. The van der Waals surface area contributed by atoms with Gasteiger partial charge in [-0.15, -0.1) is 11.3 Å². The molecule has 4 heterocycles. The molecular weight excluding hydrogens is 450 g/mol. The van der Waals surface area contributed by atoms with Gasteiger partial charge >= 0.3 is 12.0 Å². The number of thiazole rings is 1. The zero-order valence-corrected chi connectivity index (χ0v) is 19.8. The van der Waals surface area contributed by atoms with Crippen LogP contribution in [0.25, 0.3) is 10.2 Å². The summed E-state index contributed by atoms with van der Waals surface area (Å²) in [6.07, 6.45) is 2.82. The molecule has 3 aromatic rings. The molecule has 32 heavy (non-hydrogen) atoms. The van der Waals surface area contributed by atoms with Crippen LogP contribution in [0.2, 0.25) is 0 Å². The van der Waals surface area contributed by atoms with Crippen molar-refractivity contribution in [3.05, 3.63) is 32.8 Å². The molecule has 0 bridgehead atoms. The van der Waals surface area contributed by atoms with Crippen molar-refractivity contribution in [2.45, 2.75) is 53.0 Å². The highest BCUT2D eigenvalue weighted by molar-refractivity contribution is 7.22. The Morgan fingerprint density at radius 2 is 2.09 bits per heavy atom. The highest BCUT2D eigenvalue weighted by Crippen LogP contribution is 2.33. The first-order chi connectivity index (χ1) is 15.4. The maximum absolute atomic E-state index is 13.1. The van der Waals surface area contributed by atoms with E-state index in [1.54, 1.807) is 16.9 Å². The molecule has 4 rings (SSSR count). The molecule has 1 atom stereocenters. The Bertz CT molecular complexity index is 1230. The van der Waals surface area contributed by atoms with E-state index in [2.05, 4.69) is 22.5 Å². The monoisotopic (exact) mass is 475 g/mol. The number of hydrogen-bond donors (Lipinski definition) is 2. The number of urea groups is 1. The fourth-order valence-corrected chi connectivity index (χ4v) is 5.50. The number of amides is 2. The van der Waals surface area contributed by atoms with Crippen molar-refractivity contribution >= 4 is 55.0 Å². The topological polar surface area (TPSA) is 115 Å². The minimum absolute atomic E-state index is 0.0372. The second-order valence-electron chi connectivity index (χ2n) is 7.86. The number of thiophene rings is 1. The van der Waals surface area contributed by atoms with Crippen LogP contribution in [0.3, 0.4) is 0 Å². The minimum Gasteiger partial charge on any atom is -0.466 e. The van der Waals surface area contributed by atoms with Crippen LogP contribution in [0.5, 0.6) is 0 Å². The molecule has 2 N–H and O–H groups in total. The summed E-state index contributed by atoms with van der Waals surface area (Å²) < 4.78 is 6.70. The lowest BCUT2D eigenvalue weighted by Crippen LogP contribution is -2.24. The number of carbonyl (C=O) groups is 2. The Morgan fingerprint density at radius 1 is 1.28 bits per heavy atom.